The van der Waals surface area contributed by atoms with Gasteiger partial charge in [-0.1, -0.05) is 25.1 Å². The van der Waals surface area contributed by atoms with E-state index in [2.05, 4.69) is 34.3 Å². The van der Waals surface area contributed by atoms with Gasteiger partial charge >= 0.3 is 0 Å². The average molecular weight is 232 g/mol. The molecule has 5 heteroatoms. The largest absolute Gasteiger partial charge is 0.339 e. The summed E-state index contributed by atoms with van der Waals surface area (Å²) < 4.78 is 5.24. The van der Waals surface area contributed by atoms with Gasteiger partial charge in [0.2, 0.25) is 11.7 Å². The summed E-state index contributed by atoms with van der Waals surface area (Å²) >= 11 is 0. The standard InChI is InChI=1S/C12H16N4O/c1-3-13-8-9(2)12-15-11(16-17-12)10-6-4-5-7-14-10/h4-7,9,13H,3,8H2,1-2H3. The quantitative estimate of drug-likeness (QED) is 0.852. The van der Waals surface area contributed by atoms with Crippen LogP contribution in [0.4, 0.5) is 0 Å². The molecule has 17 heavy (non-hydrogen) atoms. The van der Waals surface area contributed by atoms with E-state index in [0.717, 1.165) is 18.8 Å². The van der Waals surface area contributed by atoms with E-state index in [9.17, 15) is 0 Å². The Morgan fingerprint density at radius 2 is 2.29 bits per heavy atom. The maximum atomic E-state index is 5.24. The molecule has 0 aliphatic heterocycles. The van der Waals surface area contributed by atoms with E-state index < -0.39 is 0 Å². The predicted molar refractivity (Wildman–Crippen MR) is 64.5 cm³/mol. The topological polar surface area (TPSA) is 63.8 Å². The van der Waals surface area contributed by atoms with Crippen LogP contribution in [-0.4, -0.2) is 28.2 Å². The molecular formula is C12H16N4O. The van der Waals surface area contributed by atoms with Gasteiger partial charge in [0.25, 0.3) is 0 Å². The van der Waals surface area contributed by atoms with Gasteiger partial charge in [-0.15, -0.1) is 0 Å². The van der Waals surface area contributed by atoms with Gasteiger partial charge in [0, 0.05) is 18.7 Å². The summed E-state index contributed by atoms with van der Waals surface area (Å²) in [6, 6.07) is 5.63. The van der Waals surface area contributed by atoms with Gasteiger partial charge in [-0.05, 0) is 18.7 Å². The van der Waals surface area contributed by atoms with E-state index in [1.165, 1.54) is 0 Å². The molecule has 0 fully saturated rings. The van der Waals surface area contributed by atoms with E-state index in [0.29, 0.717) is 11.7 Å². The van der Waals surface area contributed by atoms with Crippen LogP contribution in [0.3, 0.4) is 0 Å². The molecule has 1 unspecified atom stereocenters. The highest BCUT2D eigenvalue weighted by molar-refractivity contribution is 5.47. The van der Waals surface area contributed by atoms with Crippen LogP contribution in [0.25, 0.3) is 11.5 Å². The molecule has 0 saturated carbocycles. The molecule has 0 saturated heterocycles. The van der Waals surface area contributed by atoms with Gasteiger partial charge in [-0.25, -0.2) is 0 Å². The molecular weight excluding hydrogens is 216 g/mol. The molecule has 2 rings (SSSR count). The second-order valence-electron chi connectivity index (χ2n) is 3.88. The van der Waals surface area contributed by atoms with Crippen molar-refractivity contribution in [3.05, 3.63) is 30.3 Å². The van der Waals surface area contributed by atoms with Crippen molar-refractivity contribution in [3.8, 4) is 11.5 Å². The molecule has 90 valence electrons. The van der Waals surface area contributed by atoms with E-state index in [-0.39, 0.29) is 5.92 Å². The maximum absolute atomic E-state index is 5.24. The van der Waals surface area contributed by atoms with Crippen LogP contribution in [0.15, 0.2) is 28.9 Å². The lowest BCUT2D eigenvalue weighted by molar-refractivity contribution is 0.355. The third kappa shape index (κ3) is 2.88. The molecule has 2 aromatic rings. The smallest absolute Gasteiger partial charge is 0.231 e. The molecule has 1 N–H and O–H groups in total. The molecule has 0 radical (unpaired) electrons. The molecule has 2 heterocycles. The predicted octanol–water partition coefficient (Wildman–Crippen LogP) is 1.84. The summed E-state index contributed by atoms with van der Waals surface area (Å²) in [4.78, 5) is 8.54. The van der Waals surface area contributed by atoms with Crippen LogP contribution in [-0.2, 0) is 0 Å². The Balaban J connectivity index is 2.11. The van der Waals surface area contributed by atoms with E-state index in [1.54, 1.807) is 6.20 Å². The maximum Gasteiger partial charge on any atom is 0.231 e. The lowest BCUT2D eigenvalue weighted by Gasteiger charge is -2.05. The summed E-state index contributed by atoms with van der Waals surface area (Å²) in [5, 5.41) is 7.19. The Morgan fingerprint density at radius 3 is 3.00 bits per heavy atom. The summed E-state index contributed by atoms with van der Waals surface area (Å²) in [5.41, 5.74) is 0.734. The average Bonchev–Trinajstić information content (AvgIpc) is 2.86. The van der Waals surface area contributed by atoms with Crippen molar-refractivity contribution in [1.29, 1.82) is 0 Å². The van der Waals surface area contributed by atoms with Crippen molar-refractivity contribution in [2.24, 2.45) is 0 Å². The van der Waals surface area contributed by atoms with E-state index in [1.807, 2.05) is 18.2 Å². The normalized spacial score (nSPS) is 12.6. The second-order valence-corrected chi connectivity index (χ2v) is 3.88. The molecule has 0 spiro atoms. The Bertz CT molecular complexity index is 455. The highest BCUT2D eigenvalue weighted by Crippen LogP contribution is 2.17. The number of likely N-dealkylation sites (N-methyl/N-ethyl adjacent to an activating group) is 1. The van der Waals surface area contributed by atoms with Gasteiger partial charge in [-0.3, -0.25) is 4.98 Å². The zero-order valence-electron chi connectivity index (χ0n) is 10.1. The van der Waals surface area contributed by atoms with Crippen molar-refractivity contribution in [2.75, 3.05) is 13.1 Å². The summed E-state index contributed by atoms with van der Waals surface area (Å²) in [7, 11) is 0. The number of hydrogen-bond acceptors (Lipinski definition) is 5. The molecule has 0 aromatic carbocycles. The Kier molecular flexibility index (Phi) is 3.82. The molecule has 0 aliphatic carbocycles. The number of nitrogens with zero attached hydrogens (tertiary/aromatic N) is 3. The zero-order chi connectivity index (χ0) is 12.1. The van der Waals surface area contributed by atoms with Crippen molar-refractivity contribution in [2.45, 2.75) is 19.8 Å². The first-order chi connectivity index (χ1) is 8.31. The lowest BCUT2D eigenvalue weighted by atomic mass is 10.2. The van der Waals surface area contributed by atoms with Gasteiger partial charge in [0.1, 0.15) is 5.69 Å². The molecule has 1 atom stereocenters. The van der Waals surface area contributed by atoms with Gasteiger partial charge in [0.15, 0.2) is 0 Å². The first-order valence-corrected chi connectivity index (χ1v) is 5.77. The van der Waals surface area contributed by atoms with Crippen LogP contribution in [0.1, 0.15) is 25.7 Å². The minimum absolute atomic E-state index is 0.208. The summed E-state index contributed by atoms with van der Waals surface area (Å²) in [6.45, 7) is 5.89. The fraction of sp³-hybridized carbons (Fsp3) is 0.417. The monoisotopic (exact) mass is 232 g/mol. The van der Waals surface area contributed by atoms with Crippen molar-refractivity contribution < 1.29 is 4.52 Å². The Morgan fingerprint density at radius 1 is 1.41 bits per heavy atom. The number of aromatic nitrogens is 3. The Hall–Kier alpha value is -1.75. The van der Waals surface area contributed by atoms with Gasteiger partial charge in [-0.2, -0.15) is 4.98 Å². The van der Waals surface area contributed by atoms with Crippen molar-refractivity contribution >= 4 is 0 Å². The minimum atomic E-state index is 0.208. The van der Waals surface area contributed by atoms with Crippen LogP contribution >= 0.6 is 0 Å². The van der Waals surface area contributed by atoms with Crippen LogP contribution < -0.4 is 5.32 Å². The van der Waals surface area contributed by atoms with Gasteiger partial charge < -0.3 is 9.84 Å². The number of hydrogen-bond donors (Lipinski definition) is 1. The van der Waals surface area contributed by atoms with Crippen LogP contribution in [0, 0.1) is 0 Å². The number of pyridine rings is 1. The minimum Gasteiger partial charge on any atom is -0.339 e. The van der Waals surface area contributed by atoms with Gasteiger partial charge in [0.05, 0.1) is 0 Å². The van der Waals surface area contributed by atoms with Crippen LogP contribution in [0.5, 0.6) is 0 Å². The SMILES string of the molecule is CCNCC(C)c1nc(-c2ccccn2)no1. The van der Waals surface area contributed by atoms with Crippen molar-refractivity contribution in [3.63, 3.8) is 0 Å². The lowest BCUT2D eigenvalue weighted by Crippen LogP contribution is -2.19. The second kappa shape index (κ2) is 5.54. The molecule has 0 amide bonds. The fourth-order valence-electron chi connectivity index (χ4n) is 1.48. The Labute approximate surface area is 100 Å². The van der Waals surface area contributed by atoms with E-state index in [4.69, 9.17) is 4.52 Å². The third-order valence-corrected chi connectivity index (χ3v) is 2.46. The molecule has 2 aromatic heterocycles. The highest BCUT2D eigenvalue weighted by atomic mass is 16.5. The fourth-order valence-corrected chi connectivity index (χ4v) is 1.48. The molecule has 5 nitrogen and oxygen atoms in total. The van der Waals surface area contributed by atoms with Crippen LogP contribution in [0.2, 0.25) is 0 Å². The van der Waals surface area contributed by atoms with Crippen molar-refractivity contribution in [1.82, 2.24) is 20.4 Å². The summed E-state index contributed by atoms with van der Waals surface area (Å²) in [6.07, 6.45) is 1.72. The number of rotatable bonds is 5. The molecule has 0 aliphatic rings. The zero-order valence-corrected chi connectivity index (χ0v) is 10.1. The number of nitrogens with one attached hydrogen (secondary N) is 1. The highest BCUT2D eigenvalue weighted by Gasteiger charge is 2.14. The van der Waals surface area contributed by atoms with E-state index >= 15 is 0 Å². The summed E-state index contributed by atoms with van der Waals surface area (Å²) in [5.74, 6) is 1.40. The first kappa shape index (κ1) is 11.7. The molecule has 0 bridgehead atoms. The first-order valence-electron chi connectivity index (χ1n) is 5.77. The third-order valence-electron chi connectivity index (χ3n) is 2.46.